The predicted octanol–water partition coefficient (Wildman–Crippen LogP) is 1.61. The van der Waals surface area contributed by atoms with E-state index in [0.717, 1.165) is 25.7 Å². The largest absolute Gasteiger partial charge is 0.726 e. The normalized spacial score (nSPS) is 24.2. The van der Waals surface area contributed by atoms with Gasteiger partial charge in [0.2, 0.25) is 10.4 Å². The third-order valence-electron chi connectivity index (χ3n) is 3.29. The molecule has 0 spiro atoms. The molecule has 0 amide bonds. The van der Waals surface area contributed by atoms with Crippen LogP contribution in [0.15, 0.2) is 0 Å². The first-order chi connectivity index (χ1) is 8.94. The van der Waals surface area contributed by atoms with Gasteiger partial charge in [0.25, 0.3) is 0 Å². The molecule has 1 heterocycles. The van der Waals surface area contributed by atoms with Gasteiger partial charge in [0.1, 0.15) is 0 Å². The van der Waals surface area contributed by atoms with Crippen LogP contribution in [0.4, 0.5) is 0 Å². The zero-order valence-corrected chi connectivity index (χ0v) is 12.4. The standard InChI is InChI=1S/C12H24O6S/c1-3-10(4-2)16-9-12-6-5-11(18-12)7-8-17-19(13,14)15/h10-12H,3-9H2,1-2H3,(H,13,14,15)/p-1. The molecule has 2 unspecified atom stereocenters. The van der Waals surface area contributed by atoms with Gasteiger partial charge in [-0.1, -0.05) is 13.8 Å². The highest BCUT2D eigenvalue weighted by molar-refractivity contribution is 7.80. The monoisotopic (exact) mass is 295 g/mol. The van der Waals surface area contributed by atoms with E-state index in [1.54, 1.807) is 0 Å². The summed E-state index contributed by atoms with van der Waals surface area (Å²) in [6, 6.07) is 0. The fourth-order valence-electron chi connectivity index (χ4n) is 2.16. The van der Waals surface area contributed by atoms with Crippen LogP contribution in [-0.4, -0.2) is 44.5 Å². The molecule has 1 aliphatic heterocycles. The van der Waals surface area contributed by atoms with Gasteiger partial charge in [-0.25, -0.2) is 8.42 Å². The predicted molar refractivity (Wildman–Crippen MR) is 68.5 cm³/mol. The fraction of sp³-hybridized carbons (Fsp3) is 1.00. The van der Waals surface area contributed by atoms with Crippen LogP contribution in [0.3, 0.4) is 0 Å². The van der Waals surface area contributed by atoms with Crippen molar-refractivity contribution in [2.45, 2.75) is 64.3 Å². The summed E-state index contributed by atoms with van der Waals surface area (Å²) >= 11 is 0. The maximum Gasteiger partial charge on any atom is 0.217 e. The molecule has 0 aromatic heterocycles. The summed E-state index contributed by atoms with van der Waals surface area (Å²) in [5.41, 5.74) is 0. The molecular formula is C12H23O6S-. The maximum atomic E-state index is 10.3. The molecule has 6 nitrogen and oxygen atoms in total. The molecule has 2 atom stereocenters. The van der Waals surface area contributed by atoms with Crippen LogP contribution in [0.2, 0.25) is 0 Å². The highest BCUT2D eigenvalue weighted by Gasteiger charge is 2.25. The summed E-state index contributed by atoms with van der Waals surface area (Å²) < 4.78 is 46.4. The zero-order valence-electron chi connectivity index (χ0n) is 11.5. The summed E-state index contributed by atoms with van der Waals surface area (Å²) in [7, 11) is -4.59. The van der Waals surface area contributed by atoms with Crippen LogP contribution in [0.1, 0.15) is 46.0 Å². The molecule has 0 aromatic carbocycles. The summed E-state index contributed by atoms with van der Waals surface area (Å²) in [6.45, 7) is 4.64. The number of hydrogen-bond donors (Lipinski definition) is 0. The van der Waals surface area contributed by atoms with Gasteiger partial charge >= 0.3 is 0 Å². The van der Waals surface area contributed by atoms with Crippen molar-refractivity contribution in [2.75, 3.05) is 13.2 Å². The van der Waals surface area contributed by atoms with E-state index < -0.39 is 10.4 Å². The van der Waals surface area contributed by atoms with Crippen LogP contribution < -0.4 is 0 Å². The second-order valence-corrected chi connectivity index (χ2v) is 5.80. The van der Waals surface area contributed by atoms with Gasteiger partial charge < -0.3 is 14.0 Å². The Kier molecular flexibility index (Phi) is 7.23. The summed E-state index contributed by atoms with van der Waals surface area (Å²) in [5, 5.41) is 0. The van der Waals surface area contributed by atoms with Crippen molar-refractivity contribution in [2.24, 2.45) is 0 Å². The summed E-state index contributed by atoms with van der Waals surface area (Å²) in [5.74, 6) is 0. The summed E-state index contributed by atoms with van der Waals surface area (Å²) in [4.78, 5) is 0. The van der Waals surface area contributed by atoms with Crippen molar-refractivity contribution in [3.63, 3.8) is 0 Å². The highest BCUT2D eigenvalue weighted by atomic mass is 32.3. The lowest BCUT2D eigenvalue weighted by Crippen LogP contribution is -2.22. The topological polar surface area (TPSA) is 84.9 Å². The van der Waals surface area contributed by atoms with Crippen LogP contribution in [-0.2, 0) is 24.1 Å². The van der Waals surface area contributed by atoms with Gasteiger partial charge in [0.05, 0.1) is 31.5 Å². The third-order valence-corrected chi connectivity index (χ3v) is 3.75. The van der Waals surface area contributed by atoms with Crippen molar-refractivity contribution < 1.29 is 26.6 Å². The lowest BCUT2D eigenvalue weighted by Gasteiger charge is -2.18. The van der Waals surface area contributed by atoms with Crippen molar-refractivity contribution in [1.29, 1.82) is 0 Å². The second-order valence-electron chi connectivity index (χ2n) is 4.75. The van der Waals surface area contributed by atoms with Gasteiger partial charge in [0, 0.05) is 0 Å². The van der Waals surface area contributed by atoms with E-state index >= 15 is 0 Å². The quantitative estimate of drug-likeness (QED) is 0.474. The first-order valence-electron chi connectivity index (χ1n) is 6.81. The SMILES string of the molecule is CCC(CC)OCC1CCC(CCOS(=O)(=O)[O-])O1. The van der Waals surface area contributed by atoms with Crippen molar-refractivity contribution in [3.8, 4) is 0 Å². The molecule has 7 heteroatoms. The number of ether oxygens (including phenoxy) is 2. The molecule has 0 bridgehead atoms. The van der Waals surface area contributed by atoms with Crippen molar-refractivity contribution in [3.05, 3.63) is 0 Å². The van der Waals surface area contributed by atoms with Gasteiger partial charge in [-0.3, -0.25) is 4.18 Å². The average molecular weight is 295 g/mol. The van der Waals surface area contributed by atoms with E-state index in [1.165, 1.54) is 0 Å². The van der Waals surface area contributed by atoms with E-state index in [4.69, 9.17) is 9.47 Å². The van der Waals surface area contributed by atoms with Crippen LogP contribution in [0.25, 0.3) is 0 Å². The lowest BCUT2D eigenvalue weighted by atomic mass is 10.1. The lowest BCUT2D eigenvalue weighted by molar-refractivity contribution is -0.0464. The minimum atomic E-state index is -4.59. The number of rotatable bonds is 9. The molecule has 1 saturated heterocycles. The Hall–Kier alpha value is -0.210. The molecule has 1 rings (SSSR count). The van der Waals surface area contributed by atoms with E-state index in [-0.39, 0.29) is 24.9 Å². The second kappa shape index (κ2) is 8.16. The summed E-state index contributed by atoms with van der Waals surface area (Å²) in [6.07, 6.45) is 4.43. The number of hydrogen-bond acceptors (Lipinski definition) is 6. The van der Waals surface area contributed by atoms with Crippen LogP contribution >= 0.6 is 0 Å². The molecule has 0 aromatic rings. The Balaban J connectivity index is 2.15. The zero-order chi connectivity index (χ0) is 14.3. The molecule has 1 aliphatic rings. The van der Waals surface area contributed by atoms with E-state index in [9.17, 15) is 13.0 Å². The van der Waals surface area contributed by atoms with Gasteiger partial charge in [-0.2, -0.15) is 0 Å². The minimum absolute atomic E-state index is 0.0444. The van der Waals surface area contributed by atoms with Gasteiger partial charge in [0.15, 0.2) is 0 Å². The molecule has 0 saturated carbocycles. The van der Waals surface area contributed by atoms with Crippen molar-refractivity contribution in [1.82, 2.24) is 0 Å². The van der Waals surface area contributed by atoms with E-state index in [0.29, 0.717) is 13.0 Å². The molecule has 0 aliphatic carbocycles. The molecular weight excluding hydrogens is 272 g/mol. The highest BCUT2D eigenvalue weighted by Crippen LogP contribution is 2.23. The Labute approximate surface area is 115 Å². The first kappa shape index (κ1) is 16.8. The molecule has 1 fully saturated rings. The Morgan fingerprint density at radius 1 is 1.26 bits per heavy atom. The first-order valence-corrected chi connectivity index (χ1v) is 8.15. The smallest absolute Gasteiger partial charge is 0.217 e. The Morgan fingerprint density at radius 3 is 2.47 bits per heavy atom. The molecule has 0 radical (unpaired) electrons. The van der Waals surface area contributed by atoms with Gasteiger partial charge in [-0.15, -0.1) is 0 Å². The maximum absolute atomic E-state index is 10.3. The minimum Gasteiger partial charge on any atom is -0.726 e. The van der Waals surface area contributed by atoms with Crippen LogP contribution in [0.5, 0.6) is 0 Å². The van der Waals surface area contributed by atoms with Crippen LogP contribution in [0, 0.1) is 0 Å². The molecule has 114 valence electrons. The fourth-order valence-corrected chi connectivity index (χ4v) is 2.46. The Morgan fingerprint density at radius 2 is 1.89 bits per heavy atom. The van der Waals surface area contributed by atoms with E-state index in [2.05, 4.69) is 18.0 Å². The third kappa shape index (κ3) is 7.22. The van der Waals surface area contributed by atoms with Crippen molar-refractivity contribution >= 4 is 10.4 Å². The van der Waals surface area contributed by atoms with Gasteiger partial charge in [-0.05, 0) is 32.1 Å². The van der Waals surface area contributed by atoms with E-state index in [1.807, 2.05) is 0 Å². The Bertz CT molecular complexity index is 338. The molecule has 19 heavy (non-hydrogen) atoms. The molecule has 0 N–H and O–H groups in total. The average Bonchev–Trinajstić information content (AvgIpc) is 2.77.